The van der Waals surface area contributed by atoms with Crippen molar-refractivity contribution in [1.29, 1.82) is 0 Å². The van der Waals surface area contributed by atoms with Gasteiger partial charge in [0.25, 0.3) is 0 Å². The molecule has 31 heavy (non-hydrogen) atoms. The fourth-order valence-corrected chi connectivity index (χ4v) is 3.85. The molecule has 0 spiro atoms. The Morgan fingerprint density at radius 3 is 2.65 bits per heavy atom. The van der Waals surface area contributed by atoms with E-state index in [9.17, 15) is 4.79 Å². The molecule has 0 aliphatic rings. The van der Waals surface area contributed by atoms with E-state index < -0.39 is 0 Å². The predicted molar refractivity (Wildman–Crippen MR) is 117 cm³/mol. The normalized spacial score (nSPS) is 11.1. The Balaban J connectivity index is 1.61. The summed E-state index contributed by atoms with van der Waals surface area (Å²) >= 11 is 0. The van der Waals surface area contributed by atoms with Crippen LogP contribution in [0.1, 0.15) is 23.6 Å². The third-order valence-electron chi connectivity index (χ3n) is 5.49. The number of aryl methyl sites for hydroxylation is 1. The van der Waals surface area contributed by atoms with Crippen molar-refractivity contribution in [2.45, 2.75) is 26.8 Å². The number of fused-ring (bicyclic) bond motifs is 3. The minimum atomic E-state index is -0.00422. The average molecular weight is 419 g/mol. The molecule has 0 saturated carbocycles. The number of carbonyl (C=O) groups excluding carboxylic acids is 1. The summed E-state index contributed by atoms with van der Waals surface area (Å²) in [6, 6.07) is 14.0. The van der Waals surface area contributed by atoms with Crippen LogP contribution < -0.4 is 9.47 Å². The number of carbonyl (C=O) groups is 1. The number of amides is 1. The molecular formula is C23H25N5O3. The number of methoxy groups -OCH3 is 2. The van der Waals surface area contributed by atoms with Gasteiger partial charge in [-0.15, -0.1) is 5.10 Å². The lowest BCUT2D eigenvalue weighted by Crippen LogP contribution is -2.30. The highest BCUT2D eigenvalue weighted by Crippen LogP contribution is 2.28. The zero-order valence-electron chi connectivity index (χ0n) is 18.1. The highest BCUT2D eigenvalue weighted by atomic mass is 16.5. The van der Waals surface area contributed by atoms with E-state index in [2.05, 4.69) is 21.6 Å². The van der Waals surface area contributed by atoms with Gasteiger partial charge in [-0.05, 0) is 53.1 Å². The molecule has 0 bridgehead atoms. The number of hydrogen-bond acceptors (Lipinski definition) is 6. The topological polar surface area (TPSA) is 81.9 Å². The molecule has 8 nitrogen and oxygen atoms in total. The molecule has 0 saturated heterocycles. The molecule has 0 N–H and O–H groups in total. The molecule has 0 atom stereocenters. The van der Waals surface area contributed by atoms with E-state index in [0.717, 1.165) is 27.6 Å². The van der Waals surface area contributed by atoms with Gasteiger partial charge in [0.05, 0.1) is 19.7 Å². The van der Waals surface area contributed by atoms with Crippen LogP contribution in [0.3, 0.4) is 0 Å². The maximum absolute atomic E-state index is 12.4. The summed E-state index contributed by atoms with van der Waals surface area (Å²) in [5, 5.41) is 13.3. The number of tetrazole rings is 1. The van der Waals surface area contributed by atoms with Crippen LogP contribution in [0, 0.1) is 6.92 Å². The number of hydrogen-bond donors (Lipinski definition) is 0. The van der Waals surface area contributed by atoms with Crippen LogP contribution in [0.15, 0.2) is 42.5 Å². The summed E-state index contributed by atoms with van der Waals surface area (Å²) in [6.07, 6.45) is 0.688. The minimum Gasteiger partial charge on any atom is -0.493 e. The van der Waals surface area contributed by atoms with Crippen molar-refractivity contribution in [3.63, 3.8) is 0 Å². The van der Waals surface area contributed by atoms with Crippen LogP contribution in [-0.4, -0.2) is 51.6 Å². The average Bonchev–Trinajstić information content (AvgIpc) is 3.26. The maximum Gasteiger partial charge on any atom is 0.219 e. The van der Waals surface area contributed by atoms with Crippen molar-refractivity contribution >= 4 is 22.5 Å². The van der Waals surface area contributed by atoms with Crippen molar-refractivity contribution < 1.29 is 14.3 Å². The molecule has 0 radical (unpaired) electrons. The van der Waals surface area contributed by atoms with Gasteiger partial charge in [0.15, 0.2) is 17.1 Å². The molecule has 2 heterocycles. The Bertz CT molecular complexity index is 1250. The quantitative estimate of drug-likeness (QED) is 0.458. The third kappa shape index (κ3) is 4.01. The molecule has 160 valence electrons. The number of pyridine rings is 1. The summed E-state index contributed by atoms with van der Waals surface area (Å²) in [4.78, 5) is 14.2. The lowest BCUT2D eigenvalue weighted by atomic mass is 10.1. The maximum atomic E-state index is 12.4. The minimum absolute atomic E-state index is 0.00422. The van der Waals surface area contributed by atoms with E-state index in [1.807, 2.05) is 48.2 Å². The number of ether oxygens (including phenoxy) is 2. The summed E-state index contributed by atoms with van der Waals surface area (Å²) in [6.45, 7) is 4.61. The Morgan fingerprint density at radius 1 is 1.10 bits per heavy atom. The molecule has 0 unspecified atom stereocenters. The lowest BCUT2D eigenvalue weighted by molar-refractivity contribution is -0.129. The van der Waals surface area contributed by atoms with Gasteiger partial charge >= 0.3 is 0 Å². The van der Waals surface area contributed by atoms with Crippen molar-refractivity contribution in [1.82, 2.24) is 24.9 Å². The third-order valence-corrected chi connectivity index (χ3v) is 5.49. The molecule has 2 aromatic heterocycles. The number of nitrogens with zero attached hydrogens (tertiary/aromatic N) is 5. The van der Waals surface area contributed by atoms with Gasteiger partial charge in [0.2, 0.25) is 5.91 Å². The molecule has 0 fully saturated rings. The first kappa shape index (κ1) is 20.6. The second-order valence-corrected chi connectivity index (χ2v) is 7.48. The fourth-order valence-electron chi connectivity index (χ4n) is 3.85. The van der Waals surface area contributed by atoms with E-state index in [1.165, 1.54) is 0 Å². The summed E-state index contributed by atoms with van der Waals surface area (Å²) in [7, 11) is 3.23. The van der Waals surface area contributed by atoms with Crippen LogP contribution in [0.4, 0.5) is 0 Å². The van der Waals surface area contributed by atoms with Crippen molar-refractivity contribution in [2.24, 2.45) is 0 Å². The summed E-state index contributed by atoms with van der Waals surface area (Å²) in [5.74, 6) is 1.36. The van der Waals surface area contributed by atoms with E-state index in [-0.39, 0.29) is 5.91 Å². The van der Waals surface area contributed by atoms with E-state index >= 15 is 0 Å². The highest BCUT2D eigenvalue weighted by Gasteiger charge is 2.17. The van der Waals surface area contributed by atoms with Crippen molar-refractivity contribution in [3.8, 4) is 11.5 Å². The fraction of sp³-hybridized carbons (Fsp3) is 0.304. The second-order valence-electron chi connectivity index (χ2n) is 7.48. The van der Waals surface area contributed by atoms with Gasteiger partial charge < -0.3 is 14.4 Å². The Morgan fingerprint density at radius 2 is 1.90 bits per heavy atom. The Hall–Kier alpha value is -3.68. The van der Waals surface area contributed by atoms with Crippen molar-refractivity contribution in [2.75, 3.05) is 20.8 Å². The molecule has 2 aromatic carbocycles. The van der Waals surface area contributed by atoms with E-state index in [1.54, 1.807) is 25.7 Å². The second kappa shape index (κ2) is 8.59. The van der Waals surface area contributed by atoms with Gasteiger partial charge in [-0.1, -0.05) is 24.3 Å². The molecular weight excluding hydrogens is 394 g/mol. The number of benzene rings is 2. The first-order valence-corrected chi connectivity index (χ1v) is 10.1. The van der Waals surface area contributed by atoms with Gasteiger partial charge in [-0.3, -0.25) is 4.79 Å². The van der Waals surface area contributed by atoms with Crippen LogP contribution in [0.25, 0.3) is 16.6 Å². The van der Waals surface area contributed by atoms with Crippen LogP contribution >= 0.6 is 0 Å². The van der Waals surface area contributed by atoms with Gasteiger partial charge in [-0.25, -0.2) is 0 Å². The van der Waals surface area contributed by atoms with Gasteiger partial charge in [0.1, 0.15) is 0 Å². The standard InChI is InChI=1S/C23H25N5O3/c1-15-6-5-7-18-13-19(23-24-25-26-28(23)22(15)18)14-27(16(2)29)11-10-17-8-9-20(30-3)21(12-17)31-4/h5-9,12-13H,10-11,14H2,1-4H3. The molecule has 0 aliphatic heterocycles. The smallest absolute Gasteiger partial charge is 0.219 e. The highest BCUT2D eigenvalue weighted by molar-refractivity contribution is 5.86. The van der Waals surface area contributed by atoms with Crippen molar-refractivity contribution in [3.05, 3.63) is 59.2 Å². The Kier molecular flexibility index (Phi) is 5.70. The molecule has 8 heteroatoms. The number of para-hydroxylation sites is 1. The lowest BCUT2D eigenvalue weighted by Gasteiger charge is -2.22. The molecule has 0 aliphatic carbocycles. The zero-order chi connectivity index (χ0) is 22.0. The van der Waals surface area contributed by atoms with E-state index in [4.69, 9.17) is 9.47 Å². The molecule has 4 rings (SSSR count). The van der Waals surface area contributed by atoms with Crippen LogP contribution in [0.2, 0.25) is 0 Å². The number of aromatic nitrogens is 4. The van der Waals surface area contributed by atoms with Crippen LogP contribution in [-0.2, 0) is 17.8 Å². The molecule has 4 aromatic rings. The monoisotopic (exact) mass is 419 g/mol. The largest absolute Gasteiger partial charge is 0.493 e. The first-order valence-electron chi connectivity index (χ1n) is 10.1. The predicted octanol–water partition coefficient (Wildman–Crippen LogP) is 3.19. The van der Waals surface area contributed by atoms with E-state index in [0.29, 0.717) is 36.7 Å². The van der Waals surface area contributed by atoms with Gasteiger partial charge in [-0.2, -0.15) is 4.52 Å². The zero-order valence-corrected chi connectivity index (χ0v) is 18.1. The summed E-state index contributed by atoms with van der Waals surface area (Å²) < 4.78 is 12.4. The van der Waals surface area contributed by atoms with Crippen LogP contribution in [0.5, 0.6) is 11.5 Å². The summed E-state index contributed by atoms with van der Waals surface area (Å²) in [5.41, 5.74) is 4.71. The Labute approximate surface area is 180 Å². The van der Waals surface area contributed by atoms with Gasteiger partial charge in [0, 0.05) is 31.0 Å². The SMILES string of the molecule is COc1ccc(CCN(Cc2cc3cccc(C)c3n3nnnc23)C(C)=O)cc1OC. The number of rotatable bonds is 7. The molecule has 1 amide bonds. The first-order chi connectivity index (χ1) is 15.0.